The maximum absolute atomic E-state index is 5.35. The van der Waals surface area contributed by atoms with Crippen LogP contribution in [0.4, 0.5) is 0 Å². The lowest BCUT2D eigenvalue weighted by atomic mass is 10.4. The lowest BCUT2D eigenvalue weighted by Gasteiger charge is -2.01. The molecule has 1 rings (SSSR count). The first-order valence-electron chi connectivity index (χ1n) is 3.73. The zero-order valence-electron chi connectivity index (χ0n) is 6.98. The molecular weight excluding hydrogens is 140 g/mol. The van der Waals surface area contributed by atoms with Gasteiger partial charge in [-0.15, -0.1) is 0 Å². The van der Waals surface area contributed by atoms with E-state index in [0.29, 0.717) is 13.2 Å². The third kappa shape index (κ3) is 1.98. The highest BCUT2D eigenvalue weighted by molar-refractivity contribution is 5.30. The van der Waals surface area contributed by atoms with Gasteiger partial charge in [-0.2, -0.15) is 0 Å². The smallest absolute Gasteiger partial charge is 0.139 e. The molecule has 0 aliphatic heterocycles. The SMILES string of the molecule is Cc1cc(OCCN)c(C)[nH]1. The largest absolute Gasteiger partial charge is 0.490 e. The minimum absolute atomic E-state index is 0.559. The van der Waals surface area contributed by atoms with E-state index >= 15 is 0 Å². The Morgan fingerprint density at radius 1 is 1.55 bits per heavy atom. The van der Waals surface area contributed by atoms with Crippen LogP contribution in [-0.4, -0.2) is 18.1 Å². The number of ether oxygens (including phenoxy) is 1. The molecule has 1 aromatic rings. The van der Waals surface area contributed by atoms with Crippen molar-refractivity contribution >= 4 is 0 Å². The van der Waals surface area contributed by atoms with Gasteiger partial charge in [-0.1, -0.05) is 0 Å². The van der Waals surface area contributed by atoms with Crippen LogP contribution in [0.5, 0.6) is 5.75 Å². The molecule has 0 bridgehead atoms. The fourth-order valence-corrected chi connectivity index (χ4v) is 1.02. The van der Waals surface area contributed by atoms with Gasteiger partial charge < -0.3 is 15.5 Å². The van der Waals surface area contributed by atoms with Crippen molar-refractivity contribution in [3.05, 3.63) is 17.5 Å². The third-order valence-electron chi connectivity index (χ3n) is 1.48. The van der Waals surface area contributed by atoms with E-state index in [-0.39, 0.29) is 0 Å². The quantitative estimate of drug-likeness (QED) is 0.681. The molecule has 0 unspecified atom stereocenters. The Labute approximate surface area is 66.6 Å². The van der Waals surface area contributed by atoms with Crippen molar-refractivity contribution in [3.63, 3.8) is 0 Å². The van der Waals surface area contributed by atoms with E-state index in [1.165, 1.54) is 0 Å². The fraction of sp³-hybridized carbons (Fsp3) is 0.500. The Morgan fingerprint density at radius 3 is 2.73 bits per heavy atom. The molecule has 3 N–H and O–H groups in total. The van der Waals surface area contributed by atoms with Crippen LogP contribution in [0.1, 0.15) is 11.4 Å². The summed E-state index contributed by atoms with van der Waals surface area (Å²) in [7, 11) is 0. The molecule has 0 amide bonds. The highest BCUT2D eigenvalue weighted by Crippen LogP contribution is 2.17. The predicted molar refractivity (Wildman–Crippen MR) is 44.8 cm³/mol. The highest BCUT2D eigenvalue weighted by atomic mass is 16.5. The minimum atomic E-state index is 0.559. The lowest BCUT2D eigenvalue weighted by Crippen LogP contribution is -2.10. The van der Waals surface area contributed by atoms with E-state index in [2.05, 4.69) is 4.98 Å². The number of nitrogens with two attached hydrogens (primary N) is 1. The van der Waals surface area contributed by atoms with E-state index in [1.54, 1.807) is 0 Å². The summed E-state index contributed by atoms with van der Waals surface area (Å²) in [6, 6.07) is 1.98. The lowest BCUT2D eigenvalue weighted by molar-refractivity contribution is 0.326. The van der Waals surface area contributed by atoms with Gasteiger partial charge in [0.1, 0.15) is 12.4 Å². The summed E-state index contributed by atoms with van der Waals surface area (Å²) in [6.07, 6.45) is 0. The maximum Gasteiger partial charge on any atom is 0.139 e. The molecule has 0 saturated heterocycles. The molecule has 62 valence electrons. The van der Waals surface area contributed by atoms with Crippen molar-refractivity contribution < 1.29 is 4.74 Å². The molecule has 0 spiro atoms. The molecule has 3 heteroatoms. The van der Waals surface area contributed by atoms with Gasteiger partial charge >= 0.3 is 0 Å². The Bertz CT molecular complexity index is 230. The molecule has 1 heterocycles. The van der Waals surface area contributed by atoms with Crippen LogP contribution < -0.4 is 10.5 Å². The van der Waals surface area contributed by atoms with Crippen LogP contribution in [0.15, 0.2) is 6.07 Å². The van der Waals surface area contributed by atoms with E-state index in [0.717, 1.165) is 17.1 Å². The van der Waals surface area contributed by atoms with Gasteiger partial charge in [0.25, 0.3) is 0 Å². The topological polar surface area (TPSA) is 51.0 Å². The Kier molecular flexibility index (Phi) is 2.54. The molecule has 0 radical (unpaired) electrons. The standard InChI is InChI=1S/C8H14N2O/c1-6-5-8(7(2)10-6)11-4-3-9/h5,10H,3-4,9H2,1-2H3. The number of aromatic nitrogens is 1. The molecule has 0 saturated carbocycles. The highest BCUT2D eigenvalue weighted by Gasteiger charge is 2.00. The average molecular weight is 154 g/mol. The second kappa shape index (κ2) is 3.44. The number of nitrogens with one attached hydrogen (secondary N) is 1. The van der Waals surface area contributed by atoms with E-state index < -0.39 is 0 Å². The van der Waals surface area contributed by atoms with Crippen molar-refractivity contribution in [1.82, 2.24) is 4.98 Å². The summed E-state index contributed by atoms with van der Waals surface area (Å²) < 4.78 is 5.35. The maximum atomic E-state index is 5.35. The predicted octanol–water partition coefficient (Wildman–Crippen LogP) is 0.969. The summed E-state index contributed by atoms with van der Waals surface area (Å²) in [4.78, 5) is 3.15. The van der Waals surface area contributed by atoms with Crippen molar-refractivity contribution in [2.45, 2.75) is 13.8 Å². The second-order valence-corrected chi connectivity index (χ2v) is 2.58. The van der Waals surface area contributed by atoms with Gasteiger partial charge in [-0.3, -0.25) is 0 Å². The van der Waals surface area contributed by atoms with Crippen molar-refractivity contribution in [3.8, 4) is 5.75 Å². The number of aromatic amines is 1. The summed E-state index contributed by atoms with van der Waals surface area (Å²) in [5, 5.41) is 0. The number of H-pyrrole nitrogens is 1. The van der Waals surface area contributed by atoms with Crippen LogP contribution >= 0.6 is 0 Å². The summed E-state index contributed by atoms with van der Waals surface area (Å²) in [5.41, 5.74) is 7.48. The van der Waals surface area contributed by atoms with E-state index in [9.17, 15) is 0 Å². The molecule has 0 aliphatic carbocycles. The minimum Gasteiger partial charge on any atom is -0.490 e. The van der Waals surface area contributed by atoms with Crippen molar-refractivity contribution in [2.24, 2.45) is 5.73 Å². The molecular formula is C8H14N2O. The van der Waals surface area contributed by atoms with Gasteiger partial charge in [0.05, 0.1) is 5.69 Å². The molecule has 0 atom stereocenters. The van der Waals surface area contributed by atoms with Gasteiger partial charge in [0.15, 0.2) is 0 Å². The summed E-state index contributed by atoms with van der Waals surface area (Å²) in [5.74, 6) is 0.910. The Morgan fingerprint density at radius 2 is 2.27 bits per heavy atom. The molecule has 0 aliphatic rings. The number of aryl methyl sites for hydroxylation is 2. The third-order valence-corrected chi connectivity index (χ3v) is 1.48. The molecule has 11 heavy (non-hydrogen) atoms. The van der Waals surface area contributed by atoms with Crippen LogP contribution in [0.3, 0.4) is 0 Å². The van der Waals surface area contributed by atoms with Crippen molar-refractivity contribution in [2.75, 3.05) is 13.2 Å². The molecule has 1 aromatic heterocycles. The van der Waals surface area contributed by atoms with Gasteiger partial charge in [0, 0.05) is 18.3 Å². The number of rotatable bonds is 3. The van der Waals surface area contributed by atoms with Gasteiger partial charge in [-0.25, -0.2) is 0 Å². The van der Waals surface area contributed by atoms with Gasteiger partial charge in [0.2, 0.25) is 0 Å². The fourth-order valence-electron chi connectivity index (χ4n) is 1.02. The first-order chi connectivity index (χ1) is 5.24. The van der Waals surface area contributed by atoms with Crippen LogP contribution in [0.2, 0.25) is 0 Å². The van der Waals surface area contributed by atoms with Crippen LogP contribution in [0, 0.1) is 13.8 Å². The summed E-state index contributed by atoms with van der Waals surface area (Å²) >= 11 is 0. The van der Waals surface area contributed by atoms with E-state index in [1.807, 2.05) is 19.9 Å². The zero-order valence-corrected chi connectivity index (χ0v) is 6.98. The number of hydrogen-bond donors (Lipinski definition) is 2. The van der Waals surface area contributed by atoms with Crippen LogP contribution in [0.25, 0.3) is 0 Å². The molecule has 0 aromatic carbocycles. The van der Waals surface area contributed by atoms with Gasteiger partial charge in [-0.05, 0) is 13.8 Å². The van der Waals surface area contributed by atoms with Crippen LogP contribution in [-0.2, 0) is 0 Å². The average Bonchev–Trinajstić information content (AvgIpc) is 2.26. The first-order valence-corrected chi connectivity index (χ1v) is 3.73. The monoisotopic (exact) mass is 154 g/mol. The number of hydrogen-bond acceptors (Lipinski definition) is 2. The normalized spacial score (nSPS) is 10.1. The van der Waals surface area contributed by atoms with Crippen molar-refractivity contribution in [1.29, 1.82) is 0 Å². The second-order valence-electron chi connectivity index (χ2n) is 2.58. The Hall–Kier alpha value is -0.960. The molecule has 3 nitrogen and oxygen atoms in total. The zero-order chi connectivity index (χ0) is 8.27. The summed E-state index contributed by atoms with van der Waals surface area (Å²) in [6.45, 7) is 5.13. The first kappa shape index (κ1) is 8.14. The van der Waals surface area contributed by atoms with E-state index in [4.69, 9.17) is 10.5 Å². The Balaban J connectivity index is 2.62. The molecule has 0 fully saturated rings.